The van der Waals surface area contributed by atoms with Crippen LogP contribution in [0.1, 0.15) is 17.4 Å². The highest BCUT2D eigenvalue weighted by Crippen LogP contribution is 2.31. The third-order valence-corrected chi connectivity index (χ3v) is 3.36. The van der Waals surface area contributed by atoms with E-state index in [2.05, 4.69) is 4.98 Å². The van der Waals surface area contributed by atoms with Crippen molar-refractivity contribution in [1.29, 1.82) is 0 Å². The summed E-state index contributed by atoms with van der Waals surface area (Å²) in [7, 11) is 0. The molecule has 0 aliphatic rings. The molecule has 1 amide bonds. The molecule has 98 valence electrons. The molecule has 0 fully saturated rings. The predicted molar refractivity (Wildman–Crippen MR) is 68.5 cm³/mol. The van der Waals surface area contributed by atoms with E-state index in [1.165, 1.54) is 6.20 Å². The zero-order valence-corrected chi connectivity index (χ0v) is 11.6. The number of pyridine rings is 1. The van der Waals surface area contributed by atoms with Gasteiger partial charge in [-0.1, -0.05) is 34.8 Å². The summed E-state index contributed by atoms with van der Waals surface area (Å²) < 4.78 is 0. The van der Waals surface area contributed by atoms with Gasteiger partial charge in [-0.2, -0.15) is 0 Å². The summed E-state index contributed by atoms with van der Waals surface area (Å²) in [5.41, 5.74) is -0.117. The predicted octanol–water partition coefficient (Wildman–Crippen LogP) is 2.59. The van der Waals surface area contributed by atoms with E-state index in [4.69, 9.17) is 39.9 Å². The second kappa shape index (κ2) is 6.22. The summed E-state index contributed by atoms with van der Waals surface area (Å²) in [5, 5.41) is 8.74. The number of likely N-dealkylation sites (N-methyl/N-ethyl adjacent to an activating group) is 1. The van der Waals surface area contributed by atoms with Crippen LogP contribution in [0.5, 0.6) is 0 Å². The van der Waals surface area contributed by atoms with Crippen LogP contribution in [0.4, 0.5) is 0 Å². The van der Waals surface area contributed by atoms with Crippen LogP contribution in [0, 0.1) is 0 Å². The smallest absolute Gasteiger partial charge is 0.323 e. The number of carboxylic acid groups (broad SMARTS) is 1. The number of aliphatic carboxylic acids is 1. The van der Waals surface area contributed by atoms with Crippen LogP contribution in [-0.4, -0.2) is 40.0 Å². The summed E-state index contributed by atoms with van der Waals surface area (Å²) >= 11 is 17.3. The SMILES string of the molecule is CCN(CC(=O)O)C(=O)c1ncc(Cl)c(Cl)c1Cl. The van der Waals surface area contributed by atoms with Crippen LogP contribution in [0.3, 0.4) is 0 Å². The van der Waals surface area contributed by atoms with E-state index in [1.807, 2.05) is 0 Å². The molecule has 0 saturated heterocycles. The highest BCUT2D eigenvalue weighted by molar-refractivity contribution is 6.48. The number of hydrogen-bond donors (Lipinski definition) is 1. The third-order valence-electron chi connectivity index (χ3n) is 2.11. The van der Waals surface area contributed by atoms with Crippen LogP contribution < -0.4 is 0 Å². The lowest BCUT2D eigenvalue weighted by Gasteiger charge is -2.18. The lowest BCUT2D eigenvalue weighted by molar-refractivity contribution is -0.137. The Hall–Kier alpha value is -1.04. The molecule has 0 radical (unpaired) electrons. The number of halogens is 3. The maximum absolute atomic E-state index is 12.0. The molecule has 0 atom stereocenters. The average molecular weight is 312 g/mol. The molecule has 8 heteroatoms. The van der Waals surface area contributed by atoms with Gasteiger partial charge in [-0.15, -0.1) is 0 Å². The zero-order chi connectivity index (χ0) is 13.9. The molecular weight excluding hydrogens is 302 g/mol. The maximum Gasteiger partial charge on any atom is 0.323 e. The highest BCUT2D eigenvalue weighted by Gasteiger charge is 2.23. The van der Waals surface area contributed by atoms with Crippen molar-refractivity contribution in [3.8, 4) is 0 Å². The molecule has 0 aliphatic carbocycles. The molecule has 0 unspecified atom stereocenters. The van der Waals surface area contributed by atoms with Crippen molar-refractivity contribution in [2.24, 2.45) is 0 Å². The van der Waals surface area contributed by atoms with Gasteiger partial charge in [0, 0.05) is 12.7 Å². The molecule has 1 heterocycles. The molecule has 1 N–H and O–H groups in total. The molecule has 5 nitrogen and oxygen atoms in total. The van der Waals surface area contributed by atoms with Crippen molar-refractivity contribution in [3.63, 3.8) is 0 Å². The summed E-state index contributed by atoms with van der Waals surface area (Å²) in [6, 6.07) is 0. The van der Waals surface area contributed by atoms with Crippen molar-refractivity contribution in [1.82, 2.24) is 9.88 Å². The lowest BCUT2D eigenvalue weighted by Crippen LogP contribution is -2.36. The number of rotatable bonds is 4. The topological polar surface area (TPSA) is 70.5 Å². The molecule has 1 rings (SSSR count). The lowest BCUT2D eigenvalue weighted by atomic mass is 10.3. The van der Waals surface area contributed by atoms with E-state index < -0.39 is 18.4 Å². The van der Waals surface area contributed by atoms with Crippen LogP contribution in [0.2, 0.25) is 15.1 Å². The van der Waals surface area contributed by atoms with Crippen LogP contribution in [0.25, 0.3) is 0 Å². The quantitative estimate of drug-likeness (QED) is 0.928. The summed E-state index contributed by atoms with van der Waals surface area (Å²) in [6.07, 6.45) is 1.19. The van der Waals surface area contributed by atoms with Gasteiger partial charge in [0.15, 0.2) is 0 Å². The van der Waals surface area contributed by atoms with Gasteiger partial charge in [0.25, 0.3) is 5.91 Å². The molecule has 1 aromatic rings. The van der Waals surface area contributed by atoms with Crippen molar-refractivity contribution >= 4 is 46.7 Å². The fourth-order valence-corrected chi connectivity index (χ4v) is 1.79. The molecule has 0 aromatic carbocycles. The van der Waals surface area contributed by atoms with Gasteiger partial charge in [-0.05, 0) is 6.92 Å². The number of nitrogens with zero attached hydrogens (tertiary/aromatic N) is 2. The van der Waals surface area contributed by atoms with Gasteiger partial charge in [0.05, 0.1) is 15.1 Å². The van der Waals surface area contributed by atoms with Gasteiger partial charge >= 0.3 is 5.97 Å². The van der Waals surface area contributed by atoms with E-state index in [0.717, 1.165) is 4.90 Å². The first kappa shape index (κ1) is 15.0. The van der Waals surface area contributed by atoms with Gasteiger partial charge in [-0.25, -0.2) is 4.98 Å². The normalized spacial score (nSPS) is 10.2. The number of hydrogen-bond acceptors (Lipinski definition) is 3. The molecule has 0 spiro atoms. The monoisotopic (exact) mass is 310 g/mol. The van der Waals surface area contributed by atoms with E-state index in [9.17, 15) is 9.59 Å². The van der Waals surface area contributed by atoms with Crippen LogP contribution in [-0.2, 0) is 4.79 Å². The van der Waals surface area contributed by atoms with E-state index in [-0.39, 0.29) is 27.3 Å². The molecule has 18 heavy (non-hydrogen) atoms. The van der Waals surface area contributed by atoms with Crippen LogP contribution >= 0.6 is 34.8 Å². The van der Waals surface area contributed by atoms with Gasteiger partial charge < -0.3 is 10.0 Å². The van der Waals surface area contributed by atoms with Crippen LogP contribution in [0.15, 0.2) is 6.20 Å². The highest BCUT2D eigenvalue weighted by atomic mass is 35.5. The number of carbonyl (C=O) groups is 2. The Kier molecular flexibility index (Phi) is 5.19. The van der Waals surface area contributed by atoms with Gasteiger partial charge in [0.2, 0.25) is 0 Å². The third kappa shape index (κ3) is 3.25. The van der Waals surface area contributed by atoms with Gasteiger partial charge in [0.1, 0.15) is 12.2 Å². The Balaban J connectivity index is 3.10. The molecule has 0 bridgehead atoms. The van der Waals surface area contributed by atoms with Crippen molar-refractivity contribution < 1.29 is 14.7 Å². The standard InChI is InChI=1S/C10H9Cl3N2O3/c1-2-15(4-6(16)17)10(18)9-8(13)7(12)5(11)3-14-9/h3H,2,4H2,1H3,(H,16,17). The van der Waals surface area contributed by atoms with E-state index in [1.54, 1.807) is 6.92 Å². The first-order valence-corrected chi connectivity index (χ1v) is 6.02. The summed E-state index contributed by atoms with van der Waals surface area (Å²) in [5.74, 6) is -1.73. The number of carboxylic acids is 1. The summed E-state index contributed by atoms with van der Waals surface area (Å²) in [4.78, 5) is 27.5. The van der Waals surface area contributed by atoms with E-state index in [0.29, 0.717) is 0 Å². The second-order valence-corrected chi connectivity index (χ2v) is 4.46. The minimum Gasteiger partial charge on any atom is -0.480 e. The number of amides is 1. The Morgan fingerprint density at radius 1 is 1.33 bits per heavy atom. The number of carbonyl (C=O) groups excluding carboxylic acids is 1. The first-order chi connectivity index (χ1) is 8.38. The molecular formula is C10H9Cl3N2O3. The Morgan fingerprint density at radius 2 is 1.94 bits per heavy atom. The fraction of sp³-hybridized carbons (Fsp3) is 0.300. The van der Waals surface area contributed by atoms with E-state index >= 15 is 0 Å². The van der Waals surface area contributed by atoms with Crippen molar-refractivity contribution in [2.45, 2.75) is 6.92 Å². The Bertz CT molecular complexity index is 494. The van der Waals surface area contributed by atoms with Crippen molar-refractivity contribution in [2.75, 3.05) is 13.1 Å². The zero-order valence-electron chi connectivity index (χ0n) is 9.28. The molecule has 1 aromatic heterocycles. The molecule has 0 aliphatic heterocycles. The van der Waals surface area contributed by atoms with Crippen molar-refractivity contribution in [3.05, 3.63) is 27.0 Å². The first-order valence-electron chi connectivity index (χ1n) is 4.89. The summed E-state index contributed by atoms with van der Waals surface area (Å²) in [6.45, 7) is 1.42. The minimum absolute atomic E-state index is 0.0167. The Morgan fingerprint density at radius 3 is 2.44 bits per heavy atom. The molecule has 0 saturated carbocycles. The Labute approximate surface area is 118 Å². The average Bonchev–Trinajstić information content (AvgIpc) is 2.32. The largest absolute Gasteiger partial charge is 0.480 e. The minimum atomic E-state index is -1.12. The van der Waals surface area contributed by atoms with Gasteiger partial charge in [-0.3, -0.25) is 9.59 Å². The second-order valence-electron chi connectivity index (χ2n) is 3.30. The number of aromatic nitrogens is 1. The fourth-order valence-electron chi connectivity index (χ4n) is 1.23. The maximum atomic E-state index is 12.0.